The van der Waals surface area contributed by atoms with Crippen LogP contribution >= 0.6 is 0 Å². The predicted octanol–water partition coefficient (Wildman–Crippen LogP) is 1.70. The van der Waals surface area contributed by atoms with Crippen LogP contribution in [0.2, 0.25) is 0 Å². The van der Waals surface area contributed by atoms with E-state index in [4.69, 9.17) is 5.26 Å². The molecule has 0 bridgehead atoms. The van der Waals surface area contributed by atoms with Gasteiger partial charge in [0.05, 0.1) is 6.07 Å². The maximum atomic E-state index is 8.67. The van der Waals surface area contributed by atoms with Crippen molar-refractivity contribution in [1.29, 1.82) is 5.26 Å². The first-order valence-corrected chi connectivity index (χ1v) is 3.81. The fraction of sp³-hybridized carbons (Fsp3) is 0.333. The molecular weight excluding hydrogens is 150 g/mol. The van der Waals surface area contributed by atoms with Gasteiger partial charge in [-0.3, -0.25) is 0 Å². The summed E-state index contributed by atoms with van der Waals surface area (Å²) in [6, 6.07) is 2.00. The minimum Gasteiger partial charge on any atom is -0.318 e. The standard InChI is InChI=1S/C9H11N3/c1-3-4-9-11-5-6-12(9)8(2)7-10/h3,5-6,8H,1,4H2,2H3. The monoisotopic (exact) mass is 161 g/mol. The summed E-state index contributed by atoms with van der Waals surface area (Å²) in [6.07, 6.45) is 6.00. The third-order valence-electron chi connectivity index (χ3n) is 1.68. The highest BCUT2D eigenvalue weighted by Crippen LogP contribution is 2.08. The van der Waals surface area contributed by atoms with E-state index in [-0.39, 0.29) is 6.04 Å². The van der Waals surface area contributed by atoms with Gasteiger partial charge < -0.3 is 4.57 Å². The Balaban J connectivity index is 2.92. The van der Waals surface area contributed by atoms with Crippen LogP contribution in [0, 0.1) is 11.3 Å². The van der Waals surface area contributed by atoms with Crippen molar-refractivity contribution < 1.29 is 0 Å². The highest BCUT2D eigenvalue weighted by molar-refractivity contribution is 5.03. The molecule has 1 heterocycles. The number of aromatic nitrogens is 2. The largest absolute Gasteiger partial charge is 0.318 e. The topological polar surface area (TPSA) is 41.6 Å². The highest BCUT2D eigenvalue weighted by atomic mass is 15.1. The fourth-order valence-corrected chi connectivity index (χ4v) is 1.05. The van der Waals surface area contributed by atoms with E-state index in [2.05, 4.69) is 17.6 Å². The van der Waals surface area contributed by atoms with Gasteiger partial charge in [0.2, 0.25) is 0 Å². The zero-order valence-electron chi connectivity index (χ0n) is 7.07. The van der Waals surface area contributed by atoms with Gasteiger partial charge in [-0.15, -0.1) is 6.58 Å². The van der Waals surface area contributed by atoms with Crippen molar-refractivity contribution in [3.63, 3.8) is 0 Å². The third-order valence-corrected chi connectivity index (χ3v) is 1.68. The van der Waals surface area contributed by atoms with Crippen LogP contribution in [-0.4, -0.2) is 9.55 Å². The molecule has 1 atom stereocenters. The molecule has 0 saturated carbocycles. The van der Waals surface area contributed by atoms with Crippen LogP contribution in [0.5, 0.6) is 0 Å². The van der Waals surface area contributed by atoms with Crippen LogP contribution in [0.4, 0.5) is 0 Å². The Morgan fingerprint density at radius 2 is 2.67 bits per heavy atom. The van der Waals surface area contributed by atoms with Gasteiger partial charge in [0, 0.05) is 18.8 Å². The van der Waals surface area contributed by atoms with Gasteiger partial charge in [0.1, 0.15) is 11.9 Å². The third kappa shape index (κ3) is 1.54. The second-order valence-corrected chi connectivity index (χ2v) is 2.55. The summed E-state index contributed by atoms with van der Waals surface area (Å²) >= 11 is 0. The molecule has 1 aromatic heterocycles. The van der Waals surface area contributed by atoms with Gasteiger partial charge >= 0.3 is 0 Å². The normalized spacial score (nSPS) is 12.0. The molecule has 0 aromatic carbocycles. The van der Waals surface area contributed by atoms with Gasteiger partial charge in [0.25, 0.3) is 0 Å². The lowest BCUT2D eigenvalue weighted by Gasteiger charge is -2.06. The van der Waals surface area contributed by atoms with Crippen LogP contribution in [0.3, 0.4) is 0 Å². The van der Waals surface area contributed by atoms with Crippen molar-refractivity contribution in [1.82, 2.24) is 9.55 Å². The van der Waals surface area contributed by atoms with Crippen LogP contribution < -0.4 is 0 Å². The lowest BCUT2D eigenvalue weighted by molar-refractivity contribution is 0.641. The molecule has 1 aromatic rings. The molecule has 0 aliphatic rings. The van der Waals surface area contributed by atoms with Crippen LogP contribution in [0.25, 0.3) is 0 Å². The molecule has 3 nitrogen and oxygen atoms in total. The first-order chi connectivity index (χ1) is 5.79. The molecule has 12 heavy (non-hydrogen) atoms. The molecule has 1 unspecified atom stereocenters. The van der Waals surface area contributed by atoms with Crippen molar-refractivity contribution >= 4 is 0 Å². The van der Waals surface area contributed by atoms with Crippen molar-refractivity contribution in [3.8, 4) is 6.07 Å². The number of allylic oxidation sites excluding steroid dienone is 1. The Labute approximate surface area is 72.0 Å². The summed E-state index contributed by atoms with van der Waals surface area (Å²) < 4.78 is 1.85. The number of imidazole rings is 1. The lowest BCUT2D eigenvalue weighted by Crippen LogP contribution is -2.05. The number of nitrogens with zero attached hydrogens (tertiary/aromatic N) is 3. The van der Waals surface area contributed by atoms with Gasteiger partial charge in [-0.1, -0.05) is 6.08 Å². The Morgan fingerprint density at radius 3 is 3.25 bits per heavy atom. The molecule has 0 fully saturated rings. The molecule has 0 spiro atoms. The minimum atomic E-state index is -0.151. The first kappa shape index (κ1) is 8.54. The molecule has 1 rings (SSSR count). The van der Waals surface area contributed by atoms with Crippen molar-refractivity contribution in [2.75, 3.05) is 0 Å². The average molecular weight is 161 g/mol. The zero-order valence-corrected chi connectivity index (χ0v) is 7.07. The number of hydrogen-bond acceptors (Lipinski definition) is 2. The minimum absolute atomic E-state index is 0.151. The van der Waals surface area contributed by atoms with Gasteiger partial charge in [-0.2, -0.15) is 5.26 Å². The van der Waals surface area contributed by atoms with Crippen molar-refractivity contribution in [2.24, 2.45) is 0 Å². The molecule has 0 N–H and O–H groups in total. The zero-order chi connectivity index (χ0) is 8.97. The second kappa shape index (κ2) is 3.72. The molecular formula is C9H11N3. The summed E-state index contributed by atoms with van der Waals surface area (Å²) in [5.41, 5.74) is 0. The lowest BCUT2D eigenvalue weighted by atomic mass is 10.3. The fourth-order valence-electron chi connectivity index (χ4n) is 1.05. The van der Waals surface area contributed by atoms with Gasteiger partial charge in [-0.05, 0) is 6.92 Å². The van der Waals surface area contributed by atoms with E-state index < -0.39 is 0 Å². The number of rotatable bonds is 3. The summed E-state index contributed by atoms with van der Waals surface area (Å²) in [7, 11) is 0. The Morgan fingerprint density at radius 1 is 1.92 bits per heavy atom. The number of hydrogen-bond donors (Lipinski definition) is 0. The summed E-state index contributed by atoms with van der Waals surface area (Å²) in [5.74, 6) is 0.888. The number of nitriles is 1. The highest BCUT2D eigenvalue weighted by Gasteiger charge is 2.06. The smallest absolute Gasteiger partial charge is 0.119 e. The quantitative estimate of drug-likeness (QED) is 0.633. The molecule has 0 aliphatic carbocycles. The molecule has 0 aliphatic heterocycles. The molecule has 0 radical (unpaired) electrons. The average Bonchev–Trinajstić information content (AvgIpc) is 2.52. The van der Waals surface area contributed by atoms with Gasteiger partial charge in [0.15, 0.2) is 0 Å². The molecule has 0 amide bonds. The van der Waals surface area contributed by atoms with Crippen LogP contribution in [0.15, 0.2) is 25.0 Å². The van der Waals surface area contributed by atoms with Crippen molar-refractivity contribution in [3.05, 3.63) is 30.9 Å². The molecule has 3 heteroatoms. The second-order valence-electron chi connectivity index (χ2n) is 2.55. The van der Waals surface area contributed by atoms with Crippen molar-refractivity contribution in [2.45, 2.75) is 19.4 Å². The summed E-state index contributed by atoms with van der Waals surface area (Å²) in [4.78, 5) is 4.12. The maximum absolute atomic E-state index is 8.67. The maximum Gasteiger partial charge on any atom is 0.119 e. The summed E-state index contributed by atoms with van der Waals surface area (Å²) in [5, 5.41) is 8.67. The van der Waals surface area contributed by atoms with E-state index in [0.717, 1.165) is 5.82 Å². The van der Waals surface area contributed by atoms with Crippen LogP contribution in [0.1, 0.15) is 18.8 Å². The Bertz CT molecular complexity index is 306. The first-order valence-electron chi connectivity index (χ1n) is 3.81. The molecule has 62 valence electrons. The summed E-state index contributed by atoms with van der Waals surface area (Å²) in [6.45, 7) is 5.47. The van der Waals surface area contributed by atoms with E-state index in [1.165, 1.54) is 0 Å². The Hall–Kier alpha value is -1.56. The predicted molar refractivity (Wildman–Crippen MR) is 46.5 cm³/mol. The Kier molecular flexibility index (Phi) is 2.65. The molecule has 0 saturated heterocycles. The van der Waals surface area contributed by atoms with E-state index in [9.17, 15) is 0 Å². The van der Waals surface area contributed by atoms with E-state index in [1.54, 1.807) is 12.3 Å². The van der Waals surface area contributed by atoms with E-state index in [1.807, 2.05) is 17.7 Å². The van der Waals surface area contributed by atoms with Gasteiger partial charge in [-0.25, -0.2) is 4.98 Å². The SMILES string of the molecule is C=CCc1nccn1C(C)C#N. The van der Waals surface area contributed by atoms with E-state index >= 15 is 0 Å². The van der Waals surface area contributed by atoms with Crippen LogP contribution in [-0.2, 0) is 6.42 Å². The van der Waals surface area contributed by atoms with E-state index in [0.29, 0.717) is 6.42 Å².